The number of esters is 1. The molecule has 2 fully saturated rings. The summed E-state index contributed by atoms with van der Waals surface area (Å²) in [7, 11) is 0. The summed E-state index contributed by atoms with van der Waals surface area (Å²) in [6.07, 6.45) is 6.39. The molecule has 0 N–H and O–H groups in total. The molecular formula is C15H26O2. The number of hydrogen-bond donors (Lipinski definition) is 0. The Hall–Kier alpha value is -0.530. The van der Waals surface area contributed by atoms with Gasteiger partial charge < -0.3 is 4.74 Å². The van der Waals surface area contributed by atoms with Gasteiger partial charge in [-0.15, -0.1) is 0 Å². The molecule has 0 aromatic rings. The smallest absolute Gasteiger partial charge is 0.306 e. The van der Waals surface area contributed by atoms with E-state index in [1.165, 1.54) is 12.8 Å². The van der Waals surface area contributed by atoms with Crippen LogP contribution in [-0.2, 0) is 9.53 Å². The third kappa shape index (κ3) is 1.90. The van der Waals surface area contributed by atoms with Gasteiger partial charge in [0.1, 0.15) is 6.10 Å². The lowest BCUT2D eigenvalue weighted by atomic mass is 9.70. The highest BCUT2D eigenvalue weighted by molar-refractivity contribution is 5.69. The lowest BCUT2D eigenvalue weighted by Crippen LogP contribution is -2.38. The summed E-state index contributed by atoms with van der Waals surface area (Å²) in [5.74, 6) is 0.762. The van der Waals surface area contributed by atoms with Crippen molar-refractivity contribution in [2.45, 2.75) is 72.3 Å². The Bertz CT molecular complexity index is 308. The normalized spacial score (nSPS) is 38.4. The number of hydrogen-bond acceptors (Lipinski definition) is 2. The van der Waals surface area contributed by atoms with Crippen LogP contribution in [0.1, 0.15) is 66.2 Å². The predicted molar refractivity (Wildman–Crippen MR) is 68.6 cm³/mol. The minimum atomic E-state index is 0.0152. The molecule has 3 atom stereocenters. The molecule has 2 bridgehead atoms. The summed E-state index contributed by atoms with van der Waals surface area (Å²) in [5.41, 5.74) is 0.544. The van der Waals surface area contributed by atoms with Gasteiger partial charge in [-0.25, -0.2) is 0 Å². The molecule has 0 amide bonds. The molecule has 0 aromatic carbocycles. The molecule has 0 spiro atoms. The van der Waals surface area contributed by atoms with Crippen molar-refractivity contribution in [3.05, 3.63) is 0 Å². The summed E-state index contributed by atoms with van der Waals surface area (Å²) < 4.78 is 5.75. The van der Waals surface area contributed by atoms with Crippen molar-refractivity contribution in [2.75, 3.05) is 0 Å². The van der Waals surface area contributed by atoms with Crippen LogP contribution in [0.3, 0.4) is 0 Å². The van der Waals surface area contributed by atoms with Gasteiger partial charge in [-0.2, -0.15) is 0 Å². The molecule has 0 aliphatic heterocycles. The largest absolute Gasteiger partial charge is 0.462 e. The van der Waals surface area contributed by atoms with Crippen LogP contribution < -0.4 is 0 Å². The monoisotopic (exact) mass is 238 g/mol. The van der Waals surface area contributed by atoms with E-state index < -0.39 is 0 Å². The lowest BCUT2D eigenvalue weighted by Gasteiger charge is -2.38. The number of unbranched alkanes of at least 4 members (excludes halogenated alkanes) is 1. The Kier molecular flexibility index (Phi) is 3.26. The minimum absolute atomic E-state index is 0.0152. The van der Waals surface area contributed by atoms with Gasteiger partial charge in [0, 0.05) is 11.8 Å². The second-order valence-corrected chi connectivity index (χ2v) is 6.69. The van der Waals surface area contributed by atoms with E-state index in [1.807, 2.05) is 0 Å². The second-order valence-electron chi connectivity index (χ2n) is 6.69. The van der Waals surface area contributed by atoms with E-state index in [9.17, 15) is 4.79 Å². The summed E-state index contributed by atoms with van der Waals surface area (Å²) in [5, 5.41) is 0. The maximum absolute atomic E-state index is 11.8. The van der Waals surface area contributed by atoms with Crippen molar-refractivity contribution in [3.63, 3.8) is 0 Å². The van der Waals surface area contributed by atoms with Crippen LogP contribution in [0.4, 0.5) is 0 Å². The van der Waals surface area contributed by atoms with Crippen LogP contribution in [0.15, 0.2) is 0 Å². The van der Waals surface area contributed by atoms with Gasteiger partial charge in [0.05, 0.1) is 0 Å². The summed E-state index contributed by atoms with van der Waals surface area (Å²) >= 11 is 0. The van der Waals surface area contributed by atoms with Crippen molar-refractivity contribution in [3.8, 4) is 0 Å². The standard InChI is InChI=1S/C15H26O2/c1-5-6-7-13(16)17-12-10-11-8-9-15(12,4)14(11,2)3/h11-12H,5-10H2,1-4H3/t11-,12+,15+/m0/s1. The Morgan fingerprint density at radius 1 is 1.35 bits per heavy atom. The molecular weight excluding hydrogens is 212 g/mol. The minimum Gasteiger partial charge on any atom is -0.462 e. The molecule has 0 aromatic heterocycles. The van der Waals surface area contributed by atoms with E-state index in [4.69, 9.17) is 4.74 Å². The second kappa shape index (κ2) is 4.29. The van der Waals surface area contributed by atoms with E-state index >= 15 is 0 Å². The van der Waals surface area contributed by atoms with Crippen LogP contribution in [-0.4, -0.2) is 12.1 Å². The molecule has 0 unspecified atom stereocenters. The van der Waals surface area contributed by atoms with Crippen LogP contribution >= 0.6 is 0 Å². The van der Waals surface area contributed by atoms with Gasteiger partial charge in [0.25, 0.3) is 0 Å². The fourth-order valence-corrected chi connectivity index (χ4v) is 3.85. The number of fused-ring (bicyclic) bond motifs is 2. The molecule has 2 aliphatic rings. The number of carbonyl (C=O) groups excluding carboxylic acids is 1. The van der Waals surface area contributed by atoms with Crippen molar-refractivity contribution in [2.24, 2.45) is 16.7 Å². The van der Waals surface area contributed by atoms with Gasteiger partial charge in [-0.05, 0) is 37.0 Å². The first-order valence-electron chi connectivity index (χ1n) is 7.11. The Morgan fingerprint density at radius 3 is 2.53 bits per heavy atom. The zero-order valence-corrected chi connectivity index (χ0v) is 11.7. The molecule has 2 rings (SSSR count). The van der Waals surface area contributed by atoms with Crippen molar-refractivity contribution < 1.29 is 9.53 Å². The fraction of sp³-hybridized carbons (Fsp3) is 0.933. The average molecular weight is 238 g/mol. The van der Waals surface area contributed by atoms with Gasteiger partial charge in [0.2, 0.25) is 0 Å². The quantitative estimate of drug-likeness (QED) is 0.694. The average Bonchev–Trinajstić information content (AvgIpc) is 2.59. The van der Waals surface area contributed by atoms with E-state index in [1.54, 1.807) is 0 Å². The predicted octanol–water partition coefficient (Wildman–Crippen LogP) is 3.93. The highest BCUT2D eigenvalue weighted by Crippen LogP contribution is 2.66. The fourth-order valence-electron chi connectivity index (χ4n) is 3.85. The van der Waals surface area contributed by atoms with Gasteiger partial charge in [0.15, 0.2) is 0 Å². The Balaban J connectivity index is 1.98. The Labute approximate surface area is 105 Å². The van der Waals surface area contributed by atoms with Gasteiger partial charge in [-0.3, -0.25) is 4.79 Å². The van der Waals surface area contributed by atoms with Crippen LogP contribution in [0.25, 0.3) is 0 Å². The first kappa shape index (κ1) is 12.9. The van der Waals surface area contributed by atoms with Crippen molar-refractivity contribution in [1.29, 1.82) is 0 Å². The summed E-state index contributed by atoms with van der Waals surface area (Å²) in [6.45, 7) is 9.13. The van der Waals surface area contributed by atoms with Gasteiger partial charge in [-0.1, -0.05) is 34.1 Å². The van der Waals surface area contributed by atoms with Crippen LogP contribution in [0.5, 0.6) is 0 Å². The number of rotatable bonds is 4. The summed E-state index contributed by atoms with van der Waals surface area (Å²) in [4.78, 5) is 11.8. The molecule has 17 heavy (non-hydrogen) atoms. The van der Waals surface area contributed by atoms with E-state index in [-0.39, 0.29) is 17.5 Å². The molecule has 0 radical (unpaired) electrons. The van der Waals surface area contributed by atoms with Crippen LogP contribution in [0.2, 0.25) is 0 Å². The highest BCUT2D eigenvalue weighted by Gasteiger charge is 2.62. The van der Waals surface area contributed by atoms with Gasteiger partial charge >= 0.3 is 5.97 Å². The van der Waals surface area contributed by atoms with Crippen molar-refractivity contribution in [1.82, 2.24) is 0 Å². The highest BCUT2D eigenvalue weighted by atomic mass is 16.5. The molecule has 0 heterocycles. The number of ether oxygens (including phenoxy) is 1. The maximum atomic E-state index is 11.8. The zero-order valence-electron chi connectivity index (χ0n) is 11.7. The molecule has 2 saturated carbocycles. The van der Waals surface area contributed by atoms with E-state index in [0.29, 0.717) is 11.8 Å². The molecule has 2 nitrogen and oxygen atoms in total. The third-order valence-electron chi connectivity index (χ3n) is 5.72. The first-order valence-corrected chi connectivity index (χ1v) is 7.11. The SMILES string of the molecule is CCCCC(=O)O[C@@H]1C[C@@H]2CC[C@@]1(C)C2(C)C. The third-order valence-corrected chi connectivity index (χ3v) is 5.72. The van der Waals surface area contributed by atoms with Crippen molar-refractivity contribution >= 4 is 5.97 Å². The molecule has 2 aliphatic carbocycles. The molecule has 98 valence electrons. The van der Waals surface area contributed by atoms with Crippen LogP contribution in [0, 0.1) is 16.7 Å². The van der Waals surface area contributed by atoms with E-state index in [2.05, 4.69) is 27.7 Å². The summed E-state index contributed by atoms with van der Waals surface area (Å²) in [6, 6.07) is 0. The Morgan fingerprint density at radius 2 is 2.06 bits per heavy atom. The molecule has 0 saturated heterocycles. The topological polar surface area (TPSA) is 26.3 Å². The zero-order chi connectivity index (χ0) is 12.7. The van der Waals surface area contributed by atoms with E-state index in [0.717, 1.165) is 25.2 Å². The maximum Gasteiger partial charge on any atom is 0.306 e. The lowest BCUT2D eigenvalue weighted by molar-refractivity contribution is -0.157. The molecule has 2 heteroatoms. The first-order chi connectivity index (χ1) is 7.91. The number of carbonyl (C=O) groups is 1.